The topological polar surface area (TPSA) is 37.3 Å². The molecule has 0 aliphatic heterocycles. The largest absolute Gasteiger partial charge is 0.386 e. The highest BCUT2D eigenvalue weighted by Gasteiger charge is 2.11. The normalized spacial score (nSPS) is 12.6. The first kappa shape index (κ1) is 10.9. The highest BCUT2D eigenvalue weighted by Crippen LogP contribution is 2.11. The number of hydrogen-bond donors (Lipinski definition) is 1. The average Bonchev–Trinajstić information content (AvgIpc) is 2.11. The third kappa shape index (κ3) is 2.64. The van der Waals surface area contributed by atoms with Gasteiger partial charge in [-0.25, -0.2) is 4.39 Å². The number of carbonyl (C=O) groups is 1. The fourth-order valence-corrected chi connectivity index (χ4v) is 1.17. The van der Waals surface area contributed by atoms with Crippen LogP contribution in [-0.4, -0.2) is 17.0 Å². The molecule has 0 amide bonds. The summed E-state index contributed by atoms with van der Waals surface area (Å²) in [4.78, 5) is 11.2. The Balaban J connectivity index is 2.86. The summed E-state index contributed by atoms with van der Waals surface area (Å²) in [5.74, 6) is -0.650. The minimum absolute atomic E-state index is 0.0846. The lowest BCUT2D eigenvalue weighted by atomic mass is 10.0. The van der Waals surface area contributed by atoms with E-state index in [0.717, 1.165) is 5.56 Å². The molecule has 14 heavy (non-hydrogen) atoms. The van der Waals surface area contributed by atoms with E-state index in [0.29, 0.717) is 5.56 Å². The lowest BCUT2D eigenvalue weighted by Gasteiger charge is -2.06. The zero-order chi connectivity index (χ0) is 10.7. The molecule has 1 unspecified atom stereocenters. The van der Waals surface area contributed by atoms with Crippen LogP contribution in [0.15, 0.2) is 18.2 Å². The molecule has 1 aromatic rings. The second-order valence-electron chi connectivity index (χ2n) is 3.39. The summed E-state index contributed by atoms with van der Waals surface area (Å²) in [6, 6.07) is 4.31. The van der Waals surface area contributed by atoms with Gasteiger partial charge in [-0.2, -0.15) is 0 Å². The Morgan fingerprint density at radius 2 is 2.21 bits per heavy atom. The maximum atomic E-state index is 12.8. The number of aliphatic hydroxyl groups excluding tert-OH is 1. The van der Waals surface area contributed by atoms with E-state index in [-0.39, 0.29) is 18.0 Å². The molecule has 1 rings (SSSR count). The molecule has 0 heterocycles. The van der Waals surface area contributed by atoms with Gasteiger partial charge in [0.2, 0.25) is 0 Å². The second kappa shape index (κ2) is 4.33. The Bertz CT molecular complexity index is 345. The van der Waals surface area contributed by atoms with Gasteiger partial charge in [-0.15, -0.1) is 0 Å². The van der Waals surface area contributed by atoms with Crippen molar-refractivity contribution >= 4 is 5.78 Å². The maximum Gasteiger partial charge on any atom is 0.165 e. The van der Waals surface area contributed by atoms with Gasteiger partial charge in [0.05, 0.1) is 0 Å². The molecule has 3 heteroatoms. The van der Waals surface area contributed by atoms with E-state index in [1.165, 1.54) is 19.1 Å². The van der Waals surface area contributed by atoms with Crippen LogP contribution in [0.25, 0.3) is 0 Å². The quantitative estimate of drug-likeness (QED) is 0.797. The minimum atomic E-state index is -0.988. The minimum Gasteiger partial charge on any atom is -0.386 e. The molecule has 0 aliphatic carbocycles. The van der Waals surface area contributed by atoms with Gasteiger partial charge in [0.25, 0.3) is 0 Å². The van der Waals surface area contributed by atoms with Crippen molar-refractivity contribution in [3.05, 3.63) is 35.1 Å². The van der Waals surface area contributed by atoms with E-state index >= 15 is 0 Å². The monoisotopic (exact) mass is 196 g/mol. The van der Waals surface area contributed by atoms with Crippen LogP contribution < -0.4 is 0 Å². The number of ketones is 1. The van der Waals surface area contributed by atoms with Gasteiger partial charge >= 0.3 is 0 Å². The van der Waals surface area contributed by atoms with Crippen LogP contribution in [-0.2, 0) is 11.2 Å². The highest BCUT2D eigenvalue weighted by molar-refractivity contribution is 5.84. The van der Waals surface area contributed by atoms with Crippen LogP contribution in [0.2, 0.25) is 0 Å². The number of aryl methyl sites for hydroxylation is 1. The Morgan fingerprint density at radius 3 is 2.79 bits per heavy atom. The zero-order valence-corrected chi connectivity index (χ0v) is 8.25. The molecule has 0 spiro atoms. The van der Waals surface area contributed by atoms with E-state index in [1.54, 1.807) is 6.07 Å². The van der Waals surface area contributed by atoms with Crippen molar-refractivity contribution in [1.82, 2.24) is 0 Å². The number of benzene rings is 1. The van der Waals surface area contributed by atoms with Gasteiger partial charge in [0.1, 0.15) is 11.9 Å². The third-order valence-corrected chi connectivity index (χ3v) is 2.14. The summed E-state index contributed by atoms with van der Waals surface area (Å²) in [7, 11) is 0. The number of Topliss-reactive ketones (excluding diaryl/α,β-unsaturated/α-hetero) is 1. The van der Waals surface area contributed by atoms with E-state index in [1.807, 2.05) is 6.92 Å². The smallest absolute Gasteiger partial charge is 0.165 e. The molecule has 0 bridgehead atoms. The number of carbonyl (C=O) groups excluding carboxylic acids is 1. The van der Waals surface area contributed by atoms with Crippen molar-refractivity contribution in [3.8, 4) is 0 Å². The lowest BCUT2D eigenvalue weighted by Crippen LogP contribution is -2.18. The molecule has 0 aromatic heterocycles. The standard InChI is InChI=1S/C11H13FO2/c1-7-3-4-10(12)5-9(7)6-11(14)8(2)13/h3-5,8,13H,6H2,1-2H3. The van der Waals surface area contributed by atoms with Gasteiger partial charge in [0.15, 0.2) is 5.78 Å². The molecule has 76 valence electrons. The number of aliphatic hydroxyl groups is 1. The van der Waals surface area contributed by atoms with Crippen molar-refractivity contribution in [2.45, 2.75) is 26.4 Å². The number of rotatable bonds is 3. The van der Waals surface area contributed by atoms with Crippen LogP contribution in [0, 0.1) is 12.7 Å². The first-order valence-corrected chi connectivity index (χ1v) is 4.46. The molecular weight excluding hydrogens is 183 g/mol. The molecule has 1 aromatic carbocycles. The SMILES string of the molecule is Cc1ccc(F)cc1CC(=O)C(C)O. The molecule has 1 N–H and O–H groups in total. The van der Waals surface area contributed by atoms with Crippen LogP contribution >= 0.6 is 0 Å². The number of halogens is 1. The Labute approximate surface area is 82.4 Å². The predicted molar refractivity (Wildman–Crippen MR) is 51.5 cm³/mol. The lowest BCUT2D eigenvalue weighted by molar-refractivity contribution is -0.125. The summed E-state index contributed by atoms with van der Waals surface area (Å²) >= 11 is 0. The summed E-state index contributed by atoms with van der Waals surface area (Å²) in [6.45, 7) is 3.22. The van der Waals surface area contributed by atoms with Crippen LogP contribution in [0.1, 0.15) is 18.1 Å². The molecule has 0 saturated heterocycles. The molecule has 0 fully saturated rings. The molecule has 0 aliphatic rings. The number of hydrogen-bond acceptors (Lipinski definition) is 2. The average molecular weight is 196 g/mol. The van der Waals surface area contributed by atoms with E-state index in [4.69, 9.17) is 5.11 Å². The van der Waals surface area contributed by atoms with Crippen molar-refractivity contribution in [1.29, 1.82) is 0 Å². The van der Waals surface area contributed by atoms with Gasteiger partial charge < -0.3 is 5.11 Å². The fourth-order valence-electron chi connectivity index (χ4n) is 1.17. The van der Waals surface area contributed by atoms with Crippen molar-refractivity contribution < 1.29 is 14.3 Å². The summed E-state index contributed by atoms with van der Waals surface area (Å²) < 4.78 is 12.8. The van der Waals surface area contributed by atoms with Gasteiger partial charge in [-0.3, -0.25) is 4.79 Å². The van der Waals surface area contributed by atoms with E-state index in [9.17, 15) is 9.18 Å². The maximum absolute atomic E-state index is 12.8. The molecule has 1 atom stereocenters. The first-order valence-electron chi connectivity index (χ1n) is 4.46. The molecular formula is C11H13FO2. The Kier molecular flexibility index (Phi) is 3.36. The Hall–Kier alpha value is -1.22. The van der Waals surface area contributed by atoms with Crippen LogP contribution in [0.3, 0.4) is 0 Å². The van der Waals surface area contributed by atoms with E-state index < -0.39 is 6.10 Å². The summed E-state index contributed by atoms with van der Waals surface area (Å²) in [6.07, 6.45) is -0.904. The van der Waals surface area contributed by atoms with Crippen LogP contribution in [0.5, 0.6) is 0 Å². The van der Waals surface area contributed by atoms with E-state index in [2.05, 4.69) is 0 Å². The van der Waals surface area contributed by atoms with Crippen LogP contribution in [0.4, 0.5) is 4.39 Å². The predicted octanol–water partition coefficient (Wildman–Crippen LogP) is 1.63. The first-order chi connectivity index (χ1) is 6.50. The van der Waals surface area contributed by atoms with Gasteiger partial charge in [-0.05, 0) is 37.1 Å². The second-order valence-corrected chi connectivity index (χ2v) is 3.39. The Morgan fingerprint density at radius 1 is 1.57 bits per heavy atom. The third-order valence-electron chi connectivity index (χ3n) is 2.14. The fraction of sp³-hybridized carbons (Fsp3) is 0.364. The summed E-state index contributed by atoms with van der Waals surface area (Å²) in [5.41, 5.74) is 1.50. The summed E-state index contributed by atoms with van der Waals surface area (Å²) in [5, 5.41) is 9.00. The van der Waals surface area contributed by atoms with Crippen molar-refractivity contribution in [2.75, 3.05) is 0 Å². The molecule has 2 nitrogen and oxygen atoms in total. The molecule has 0 saturated carbocycles. The van der Waals surface area contributed by atoms with Crippen molar-refractivity contribution in [3.63, 3.8) is 0 Å². The zero-order valence-electron chi connectivity index (χ0n) is 8.25. The van der Waals surface area contributed by atoms with Gasteiger partial charge in [-0.1, -0.05) is 6.07 Å². The molecule has 0 radical (unpaired) electrons. The van der Waals surface area contributed by atoms with Gasteiger partial charge in [0, 0.05) is 6.42 Å². The highest BCUT2D eigenvalue weighted by atomic mass is 19.1. The van der Waals surface area contributed by atoms with Crippen molar-refractivity contribution in [2.24, 2.45) is 0 Å².